The Bertz CT molecular complexity index is 4340. The number of para-hydroxylation sites is 1. The molecule has 13 aromatic rings. The summed E-state index contributed by atoms with van der Waals surface area (Å²) in [5.74, 6) is 4.30. The predicted molar refractivity (Wildman–Crippen MR) is 302 cm³/mol. The van der Waals surface area contributed by atoms with Crippen LogP contribution in [0.5, 0.6) is 0 Å². The average Bonchev–Trinajstić information content (AvgIpc) is 4.05. The lowest BCUT2D eigenvalue weighted by molar-refractivity contribution is -0.00518. The first kappa shape index (κ1) is 41.9. The molecule has 3 heterocycles. The van der Waals surface area contributed by atoms with E-state index in [1.807, 2.05) is 6.07 Å². The fourth-order valence-electron chi connectivity index (χ4n) is 14.2. The van der Waals surface area contributed by atoms with E-state index in [2.05, 4.69) is 200 Å². The summed E-state index contributed by atoms with van der Waals surface area (Å²) >= 11 is 0. The molecule has 0 amide bonds. The standard InChI is InChI=1S/C69H49N3O2/c1-2-10-44(11-3-1)45-18-20-46(21-19-45)47-22-24-50(25-23-47)66-70-67(72-68(71-66)59-35-51-13-5-7-15-55(51)63-62-54-14-6-4-12-49(54)28-31-61(62)74-65(59)63)58-37-52(36-57-56-16-8-9-17-60(56)73-64(57)58)48-26-29-53(30-27-48)69-38-41-32-42(39-69)34-43(33-41)40-69/h1-31,35-37,41-43H,32-34,38-40H2. The van der Waals surface area contributed by atoms with E-state index < -0.39 is 0 Å². The molecule has 0 unspecified atom stereocenters. The van der Waals surface area contributed by atoms with Crippen LogP contribution < -0.4 is 0 Å². The lowest BCUT2D eigenvalue weighted by Crippen LogP contribution is -2.48. The van der Waals surface area contributed by atoms with Crippen LogP contribution in [0.3, 0.4) is 0 Å². The van der Waals surface area contributed by atoms with Gasteiger partial charge in [0.1, 0.15) is 22.3 Å². The molecule has 0 aliphatic heterocycles. The largest absolute Gasteiger partial charge is 0.455 e. The Labute approximate surface area is 428 Å². The van der Waals surface area contributed by atoms with E-state index in [0.29, 0.717) is 22.9 Å². The number of aromatic nitrogens is 3. The second-order valence-electron chi connectivity index (χ2n) is 21.7. The molecule has 0 radical (unpaired) electrons. The Morgan fingerprint density at radius 1 is 0.338 bits per heavy atom. The van der Waals surface area contributed by atoms with Gasteiger partial charge in [0.25, 0.3) is 0 Å². The van der Waals surface area contributed by atoms with E-state index in [9.17, 15) is 0 Å². The minimum atomic E-state index is 0.327. The van der Waals surface area contributed by atoms with Crippen molar-refractivity contribution in [2.45, 2.75) is 43.9 Å². The molecule has 74 heavy (non-hydrogen) atoms. The van der Waals surface area contributed by atoms with Crippen molar-refractivity contribution in [3.63, 3.8) is 0 Å². The van der Waals surface area contributed by atoms with Crippen LogP contribution in [-0.2, 0) is 5.41 Å². The lowest BCUT2D eigenvalue weighted by Gasteiger charge is -2.57. The molecule has 4 aliphatic rings. The molecule has 17 rings (SSSR count). The highest BCUT2D eigenvalue weighted by Gasteiger charge is 2.51. The van der Waals surface area contributed by atoms with Gasteiger partial charge in [-0.05, 0) is 153 Å². The molecule has 5 heteroatoms. The molecule has 0 saturated heterocycles. The first-order valence-corrected chi connectivity index (χ1v) is 26.4. The number of furan rings is 2. The van der Waals surface area contributed by atoms with Crippen LogP contribution in [0.25, 0.3) is 133 Å². The van der Waals surface area contributed by atoms with E-state index in [4.69, 9.17) is 23.8 Å². The Kier molecular flexibility index (Phi) is 9.15. The average molecular weight is 952 g/mol. The molecule has 352 valence electrons. The van der Waals surface area contributed by atoms with Crippen LogP contribution in [0.15, 0.2) is 215 Å². The van der Waals surface area contributed by atoms with Gasteiger partial charge in [-0.1, -0.05) is 176 Å². The number of hydrogen-bond donors (Lipinski definition) is 0. The maximum absolute atomic E-state index is 7.00. The Morgan fingerprint density at radius 2 is 0.838 bits per heavy atom. The number of fused-ring (bicyclic) bond motifs is 10. The van der Waals surface area contributed by atoms with Crippen LogP contribution >= 0.6 is 0 Å². The van der Waals surface area contributed by atoms with Crippen LogP contribution in [0.1, 0.15) is 44.1 Å². The van der Waals surface area contributed by atoms with Crippen molar-refractivity contribution in [1.82, 2.24) is 15.0 Å². The van der Waals surface area contributed by atoms with Crippen molar-refractivity contribution in [3.05, 3.63) is 212 Å². The van der Waals surface area contributed by atoms with Gasteiger partial charge in [0.15, 0.2) is 17.5 Å². The van der Waals surface area contributed by atoms with Crippen molar-refractivity contribution in [2.75, 3.05) is 0 Å². The van der Waals surface area contributed by atoms with Gasteiger partial charge in [0.05, 0.1) is 11.1 Å². The summed E-state index contributed by atoms with van der Waals surface area (Å²) in [5, 5.41) is 8.73. The molecule has 4 saturated carbocycles. The summed E-state index contributed by atoms with van der Waals surface area (Å²) < 4.78 is 13.9. The van der Waals surface area contributed by atoms with E-state index >= 15 is 0 Å². The summed E-state index contributed by atoms with van der Waals surface area (Å²) in [7, 11) is 0. The normalized spacial score (nSPS) is 19.2. The summed E-state index contributed by atoms with van der Waals surface area (Å²) in [4.78, 5) is 16.4. The van der Waals surface area contributed by atoms with Gasteiger partial charge in [-0.15, -0.1) is 0 Å². The molecule has 0 N–H and O–H groups in total. The van der Waals surface area contributed by atoms with E-state index in [1.165, 1.54) is 60.8 Å². The third-order valence-corrected chi connectivity index (χ3v) is 17.3. The first-order chi connectivity index (χ1) is 36.5. The molecule has 4 aliphatic carbocycles. The number of hydrogen-bond acceptors (Lipinski definition) is 5. The molecular weight excluding hydrogens is 903 g/mol. The minimum Gasteiger partial charge on any atom is -0.455 e. The van der Waals surface area contributed by atoms with E-state index in [1.54, 1.807) is 0 Å². The zero-order chi connectivity index (χ0) is 48.5. The van der Waals surface area contributed by atoms with Gasteiger partial charge in [-0.2, -0.15) is 0 Å². The van der Waals surface area contributed by atoms with Crippen LogP contribution in [0, 0.1) is 17.8 Å². The molecule has 4 bridgehead atoms. The van der Waals surface area contributed by atoms with Crippen molar-refractivity contribution in [3.8, 4) is 67.5 Å². The van der Waals surface area contributed by atoms with Gasteiger partial charge >= 0.3 is 0 Å². The van der Waals surface area contributed by atoms with E-state index in [0.717, 1.165) is 117 Å². The Balaban J connectivity index is 0.893. The summed E-state index contributed by atoms with van der Waals surface area (Å²) in [5.41, 5.74) is 14.4. The van der Waals surface area contributed by atoms with Crippen LogP contribution in [-0.4, -0.2) is 15.0 Å². The minimum absolute atomic E-state index is 0.327. The molecular formula is C69H49N3O2. The van der Waals surface area contributed by atoms with E-state index in [-0.39, 0.29) is 0 Å². The van der Waals surface area contributed by atoms with Crippen molar-refractivity contribution in [1.29, 1.82) is 0 Å². The Hall–Kier alpha value is -8.67. The Morgan fingerprint density at radius 3 is 1.51 bits per heavy atom. The monoisotopic (exact) mass is 951 g/mol. The quantitative estimate of drug-likeness (QED) is 0.159. The second kappa shape index (κ2) is 16.2. The van der Waals surface area contributed by atoms with Crippen molar-refractivity contribution >= 4 is 65.4 Å². The zero-order valence-electron chi connectivity index (χ0n) is 40.8. The van der Waals surface area contributed by atoms with Crippen LogP contribution in [0.2, 0.25) is 0 Å². The summed E-state index contributed by atoms with van der Waals surface area (Å²) in [6.45, 7) is 0. The van der Waals surface area contributed by atoms with Gasteiger partial charge in [0.2, 0.25) is 0 Å². The molecule has 5 nitrogen and oxygen atoms in total. The summed E-state index contributed by atoms with van der Waals surface area (Å²) in [6.07, 6.45) is 8.36. The smallest absolute Gasteiger partial charge is 0.167 e. The summed E-state index contributed by atoms with van der Waals surface area (Å²) in [6, 6.07) is 73.9. The third kappa shape index (κ3) is 6.65. The highest BCUT2D eigenvalue weighted by atomic mass is 16.3. The maximum atomic E-state index is 7.00. The maximum Gasteiger partial charge on any atom is 0.167 e. The molecule has 0 spiro atoms. The molecule has 3 aromatic heterocycles. The number of benzene rings is 10. The first-order valence-electron chi connectivity index (χ1n) is 26.4. The predicted octanol–water partition coefficient (Wildman–Crippen LogP) is 18.4. The second-order valence-corrected chi connectivity index (χ2v) is 21.7. The highest BCUT2D eigenvalue weighted by Crippen LogP contribution is 2.61. The zero-order valence-corrected chi connectivity index (χ0v) is 40.8. The highest BCUT2D eigenvalue weighted by molar-refractivity contribution is 6.28. The topological polar surface area (TPSA) is 65.0 Å². The fraction of sp³-hybridized carbons (Fsp3) is 0.145. The molecule has 4 fully saturated rings. The van der Waals surface area contributed by atoms with Gasteiger partial charge in [0, 0.05) is 27.1 Å². The van der Waals surface area contributed by atoms with Gasteiger partial charge in [-0.3, -0.25) is 0 Å². The third-order valence-electron chi connectivity index (χ3n) is 17.3. The molecule has 10 aromatic carbocycles. The van der Waals surface area contributed by atoms with Gasteiger partial charge in [-0.25, -0.2) is 15.0 Å². The number of rotatable bonds is 7. The van der Waals surface area contributed by atoms with Crippen LogP contribution in [0.4, 0.5) is 0 Å². The SMILES string of the molecule is c1ccc(-c2ccc(-c3ccc(-c4nc(-c5cc(-c6ccc(C78CC9CC(CC(C9)C7)C8)cc6)cc6c5oc5ccccc56)nc(-c5cc6ccccc6c6c5oc5ccc7ccccc7c56)n4)cc3)cc2)cc1. The number of nitrogens with zero attached hydrogens (tertiary/aromatic N) is 3. The lowest BCUT2D eigenvalue weighted by atomic mass is 9.48. The molecule has 0 atom stereocenters. The van der Waals surface area contributed by atoms with Crippen molar-refractivity contribution in [2.24, 2.45) is 17.8 Å². The van der Waals surface area contributed by atoms with Crippen molar-refractivity contribution < 1.29 is 8.83 Å². The fourth-order valence-corrected chi connectivity index (χ4v) is 14.2. The van der Waals surface area contributed by atoms with Gasteiger partial charge < -0.3 is 8.83 Å².